The molecule has 0 atom stereocenters. The Kier molecular flexibility index (Phi) is 7.28. The second-order valence-corrected chi connectivity index (χ2v) is 9.58. The highest BCUT2D eigenvalue weighted by Gasteiger charge is 2.21. The van der Waals surface area contributed by atoms with E-state index >= 15 is 0 Å². The molecule has 0 unspecified atom stereocenters. The van der Waals surface area contributed by atoms with Crippen molar-refractivity contribution < 1.29 is 22.3 Å². The number of sulfonamides is 1. The summed E-state index contributed by atoms with van der Waals surface area (Å²) >= 11 is 11.9. The van der Waals surface area contributed by atoms with E-state index in [9.17, 15) is 17.6 Å². The Bertz CT molecular complexity index is 1250. The first-order chi connectivity index (χ1) is 15.1. The van der Waals surface area contributed by atoms with Crippen molar-refractivity contribution in [2.45, 2.75) is 6.54 Å². The van der Waals surface area contributed by atoms with Crippen molar-refractivity contribution in [3.8, 4) is 5.75 Å². The van der Waals surface area contributed by atoms with Gasteiger partial charge in [0.15, 0.2) is 0 Å². The van der Waals surface area contributed by atoms with Crippen LogP contribution < -0.4 is 14.4 Å². The fraction of sp³-hybridized carbons (Fsp3) is 0.136. The van der Waals surface area contributed by atoms with Crippen LogP contribution in [0, 0.1) is 5.82 Å². The van der Waals surface area contributed by atoms with Crippen LogP contribution >= 0.6 is 23.2 Å². The molecule has 0 spiro atoms. The molecule has 0 fully saturated rings. The van der Waals surface area contributed by atoms with Crippen LogP contribution in [0.25, 0.3) is 0 Å². The van der Waals surface area contributed by atoms with Crippen LogP contribution in [0.1, 0.15) is 15.9 Å². The monoisotopic (exact) mass is 496 g/mol. The van der Waals surface area contributed by atoms with Gasteiger partial charge in [-0.25, -0.2) is 12.8 Å². The lowest BCUT2D eigenvalue weighted by Gasteiger charge is -2.24. The van der Waals surface area contributed by atoms with Gasteiger partial charge >= 0.3 is 0 Å². The lowest BCUT2D eigenvalue weighted by Crippen LogP contribution is -2.29. The van der Waals surface area contributed by atoms with Crippen LogP contribution in [-0.4, -0.2) is 27.7 Å². The Morgan fingerprint density at radius 2 is 1.72 bits per heavy atom. The number of hydrogen-bond acceptors (Lipinski definition) is 4. The fourth-order valence-electron chi connectivity index (χ4n) is 2.98. The summed E-state index contributed by atoms with van der Waals surface area (Å²) in [6.07, 6.45) is 1.05. The van der Waals surface area contributed by atoms with E-state index in [1.165, 1.54) is 43.5 Å². The van der Waals surface area contributed by atoms with Crippen molar-refractivity contribution in [2.75, 3.05) is 23.0 Å². The van der Waals surface area contributed by atoms with Gasteiger partial charge in [-0.05, 0) is 60.7 Å². The molecule has 0 aliphatic rings. The van der Waals surface area contributed by atoms with Gasteiger partial charge in [0.1, 0.15) is 11.6 Å². The number of rotatable bonds is 7. The molecule has 3 rings (SSSR count). The van der Waals surface area contributed by atoms with Crippen LogP contribution in [-0.2, 0) is 16.6 Å². The van der Waals surface area contributed by atoms with E-state index in [0.717, 1.165) is 10.6 Å². The summed E-state index contributed by atoms with van der Waals surface area (Å²) in [6, 6.07) is 14.4. The molecule has 3 aromatic carbocycles. The molecule has 0 aliphatic heterocycles. The molecule has 0 bridgehead atoms. The first-order valence-electron chi connectivity index (χ1n) is 9.25. The third-order valence-corrected chi connectivity index (χ3v) is 6.43. The summed E-state index contributed by atoms with van der Waals surface area (Å²) < 4.78 is 44.6. The first-order valence-corrected chi connectivity index (χ1v) is 11.9. The topological polar surface area (TPSA) is 75.7 Å². The predicted octanol–water partition coefficient (Wildman–Crippen LogP) is 5.36. The van der Waals surface area contributed by atoms with Gasteiger partial charge in [0, 0.05) is 16.8 Å². The maximum absolute atomic E-state index is 13.3. The number of halogens is 3. The second-order valence-electron chi connectivity index (χ2n) is 6.86. The molecule has 10 heteroatoms. The quantitative estimate of drug-likeness (QED) is 0.477. The molecule has 6 nitrogen and oxygen atoms in total. The molecule has 1 N–H and O–H groups in total. The second kappa shape index (κ2) is 9.77. The molecule has 0 radical (unpaired) electrons. The van der Waals surface area contributed by atoms with Crippen molar-refractivity contribution >= 4 is 50.5 Å². The highest BCUT2D eigenvalue weighted by atomic mass is 35.5. The summed E-state index contributed by atoms with van der Waals surface area (Å²) in [5.74, 6) is -0.521. The molecule has 32 heavy (non-hydrogen) atoms. The minimum absolute atomic E-state index is 0.123. The molecule has 3 aromatic rings. The van der Waals surface area contributed by atoms with E-state index in [-0.39, 0.29) is 17.8 Å². The molecule has 0 saturated carbocycles. The van der Waals surface area contributed by atoms with Crippen molar-refractivity contribution in [3.63, 3.8) is 0 Å². The number of ether oxygens (including phenoxy) is 1. The Hall–Kier alpha value is -2.81. The average molecular weight is 497 g/mol. The zero-order valence-electron chi connectivity index (χ0n) is 17.1. The van der Waals surface area contributed by atoms with E-state index in [4.69, 9.17) is 27.9 Å². The van der Waals surface area contributed by atoms with E-state index in [2.05, 4.69) is 5.32 Å². The van der Waals surface area contributed by atoms with Crippen molar-refractivity contribution in [1.82, 2.24) is 0 Å². The molecular formula is C22H19Cl2FN2O4S. The molecule has 0 saturated heterocycles. The number of carbonyl (C=O) groups excluding carboxylic acids is 1. The van der Waals surface area contributed by atoms with E-state index < -0.39 is 21.7 Å². The smallest absolute Gasteiger partial charge is 0.255 e. The Balaban J connectivity index is 1.93. The number of amides is 1. The van der Waals surface area contributed by atoms with Crippen molar-refractivity contribution in [2.24, 2.45) is 0 Å². The van der Waals surface area contributed by atoms with Crippen LogP contribution in [0.15, 0.2) is 60.7 Å². The minimum atomic E-state index is -3.72. The highest BCUT2D eigenvalue weighted by molar-refractivity contribution is 7.92. The Labute approximate surface area is 195 Å². The van der Waals surface area contributed by atoms with Crippen LogP contribution in [0.4, 0.5) is 15.8 Å². The molecule has 0 aliphatic carbocycles. The minimum Gasteiger partial charge on any atom is -0.496 e. The molecule has 1 amide bonds. The summed E-state index contributed by atoms with van der Waals surface area (Å²) in [5.41, 5.74) is 1.45. The van der Waals surface area contributed by atoms with Gasteiger partial charge in [-0.1, -0.05) is 23.2 Å². The number of nitrogens with one attached hydrogen (secondary N) is 1. The molecule has 0 aromatic heterocycles. The van der Waals surface area contributed by atoms with Gasteiger partial charge in [0.2, 0.25) is 10.0 Å². The van der Waals surface area contributed by atoms with Gasteiger partial charge in [0.25, 0.3) is 5.91 Å². The van der Waals surface area contributed by atoms with E-state index in [0.29, 0.717) is 27.0 Å². The van der Waals surface area contributed by atoms with Crippen LogP contribution in [0.2, 0.25) is 10.0 Å². The maximum Gasteiger partial charge on any atom is 0.255 e. The Morgan fingerprint density at radius 1 is 1.03 bits per heavy atom. The number of anilines is 2. The standard InChI is InChI=1S/C22H19Cl2FN2O4S/c1-31-21-10-3-14(22(28)26-17-6-9-19(23)20(24)12-17)11-15(21)13-27(32(2,29)30)18-7-4-16(25)5-8-18/h3-12H,13H2,1-2H3,(H,26,28). The maximum atomic E-state index is 13.3. The number of methoxy groups -OCH3 is 1. The largest absolute Gasteiger partial charge is 0.496 e. The van der Waals surface area contributed by atoms with Gasteiger partial charge in [-0.3, -0.25) is 9.10 Å². The summed E-state index contributed by atoms with van der Waals surface area (Å²) in [5, 5.41) is 3.37. The van der Waals surface area contributed by atoms with E-state index in [1.807, 2.05) is 0 Å². The highest BCUT2D eigenvalue weighted by Crippen LogP contribution is 2.28. The van der Waals surface area contributed by atoms with Gasteiger partial charge < -0.3 is 10.1 Å². The predicted molar refractivity (Wildman–Crippen MR) is 125 cm³/mol. The lowest BCUT2D eigenvalue weighted by atomic mass is 10.1. The zero-order chi connectivity index (χ0) is 23.5. The SMILES string of the molecule is COc1ccc(C(=O)Nc2ccc(Cl)c(Cl)c2)cc1CN(c1ccc(F)cc1)S(C)(=O)=O. The normalized spacial score (nSPS) is 11.2. The number of benzene rings is 3. The fourth-order valence-corrected chi connectivity index (χ4v) is 4.16. The van der Waals surface area contributed by atoms with E-state index in [1.54, 1.807) is 24.3 Å². The number of hydrogen-bond donors (Lipinski definition) is 1. The van der Waals surface area contributed by atoms with Crippen molar-refractivity contribution in [3.05, 3.63) is 87.7 Å². The molecule has 168 valence electrons. The van der Waals surface area contributed by atoms with Gasteiger partial charge in [-0.2, -0.15) is 0 Å². The molecule has 0 heterocycles. The lowest BCUT2D eigenvalue weighted by molar-refractivity contribution is 0.102. The van der Waals surface area contributed by atoms with Crippen LogP contribution in [0.5, 0.6) is 5.75 Å². The average Bonchev–Trinajstić information content (AvgIpc) is 2.74. The Morgan fingerprint density at radius 3 is 2.31 bits per heavy atom. The van der Waals surface area contributed by atoms with Crippen LogP contribution in [0.3, 0.4) is 0 Å². The summed E-state index contributed by atoms with van der Waals surface area (Å²) in [4.78, 5) is 12.8. The van der Waals surface area contributed by atoms with Gasteiger partial charge in [0.05, 0.1) is 35.6 Å². The zero-order valence-corrected chi connectivity index (χ0v) is 19.4. The van der Waals surface area contributed by atoms with Gasteiger partial charge in [-0.15, -0.1) is 0 Å². The molecular weight excluding hydrogens is 478 g/mol. The third kappa shape index (κ3) is 5.70. The number of nitrogens with zero attached hydrogens (tertiary/aromatic N) is 1. The summed E-state index contributed by atoms with van der Waals surface area (Å²) in [7, 11) is -2.28. The number of carbonyl (C=O) groups is 1. The van der Waals surface area contributed by atoms with Crippen molar-refractivity contribution in [1.29, 1.82) is 0 Å². The first kappa shape index (κ1) is 23.8. The summed E-state index contributed by atoms with van der Waals surface area (Å²) in [6.45, 7) is -0.123. The third-order valence-electron chi connectivity index (χ3n) is 4.55.